The van der Waals surface area contributed by atoms with Crippen molar-refractivity contribution >= 4 is 21.6 Å². The highest BCUT2D eigenvalue weighted by Gasteiger charge is 2.25. The second-order valence-electron chi connectivity index (χ2n) is 4.89. The number of hydrogen-bond acceptors (Lipinski definition) is 2. The molecule has 2 atom stereocenters. The highest BCUT2D eigenvalue weighted by Crippen LogP contribution is 2.28. The molecule has 1 aliphatic rings. The van der Waals surface area contributed by atoms with Crippen LogP contribution in [-0.4, -0.2) is 19.3 Å². The van der Waals surface area contributed by atoms with Crippen LogP contribution in [0.4, 0.5) is 10.1 Å². The molecule has 4 heteroatoms. The predicted molar refractivity (Wildman–Crippen MR) is 75.5 cm³/mol. The first-order valence-electron chi connectivity index (χ1n) is 6.37. The summed E-state index contributed by atoms with van der Waals surface area (Å²) in [6.07, 6.45) is 4.80. The number of benzene rings is 1. The molecule has 2 nitrogen and oxygen atoms in total. The molecule has 0 saturated heterocycles. The van der Waals surface area contributed by atoms with E-state index in [1.165, 1.54) is 12.8 Å². The molecule has 0 amide bonds. The molecular formula is C14H19BrFNO. The van der Waals surface area contributed by atoms with Gasteiger partial charge >= 0.3 is 0 Å². The Labute approximate surface area is 116 Å². The average molecular weight is 316 g/mol. The molecule has 1 aromatic carbocycles. The number of rotatable bonds is 3. The summed E-state index contributed by atoms with van der Waals surface area (Å²) < 4.78 is 19.6. The first kappa shape index (κ1) is 13.8. The molecule has 1 aliphatic carbocycles. The molecular weight excluding hydrogens is 297 g/mol. The lowest BCUT2D eigenvalue weighted by Crippen LogP contribution is -2.37. The van der Waals surface area contributed by atoms with Crippen LogP contribution in [0.1, 0.15) is 31.2 Å². The van der Waals surface area contributed by atoms with Crippen molar-refractivity contribution in [1.29, 1.82) is 0 Å². The van der Waals surface area contributed by atoms with Crippen molar-refractivity contribution in [3.05, 3.63) is 28.0 Å². The van der Waals surface area contributed by atoms with Gasteiger partial charge < -0.3 is 10.1 Å². The second-order valence-corrected chi connectivity index (χ2v) is 5.75. The Morgan fingerprint density at radius 1 is 1.33 bits per heavy atom. The van der Waals surface area contributed by atoms with E-state index in [4.69, 9.17) is 4.74 Å². The molecule has 1 saturated carbocycles. The third-order valence-electron chi connectivity index (χ3n) is 3.61. The Balaban J connectivity index is 2.15. The molecule has 1 aromatic rings. The van der Waals surface area contributed by atoms with Crippen LogP contribution in [0.25, 0.3) is 0 Å². The maximum absolute atomic E-state index is 13.6. The summed E-state index contributed by atoms with van der Waals surface area (Å²) in [7, 11) is 1.75. The molecule has 0 aromatic heterocycles. The molecule has 0 radical (unpaired) electrons. The van der Waals surface area contributed by atoms with Gasteiger partial charge in [0, 0.05) is 12.8 Å². The zero-order valence-electron chi connectivity index (χ0n) is 10.8. The fourth-order valence-electron chi connectivity index (χ4n) is 2.55. The van der Waals surface area contributed by atoms with Crippen molar-refractivity contribution in [3.8, 4) is 0 Å². The van der Waals surface area contributed by atoms with Crippen LogP contribution < -0.4 is 5.32 Å². The Bertz CT molecular complexity index is 425. The number of anilines is 1. The molecule has 1 N–H and O–H groups in total. The maximum Gasteiger partial charge on any atom is 0.139 e. The van der Waals surface area contributed by atoms with Crippen molar-refractivity contribution < 1.29 is 9.13 Å². The minimum absolute atomic E-state index is 0.227. The highest BCUT2D eigenvalue weighted by atomic mass is 79.9. The van der Waals surface area contributed by atoms with E-state index >= 15 is 0 Å². The van der Waals surface area contributed by atoms with Crippen molar-refractivity contribution in [2.45, 2.75) is 44.8 Å². The van der Waals surface area contributed by atoms with Crippen molar-refractivity contribution in [3.63, 3.8) is 0 Å². The van der Waals surface area contributed by atoms with E-state index in [2.05, 4.69) is 21.2 Å². The number of aryl methyl sites for hydroxylation is 1. The van der Waals surface area contributed by atoms with Crippen LogP contribution in [0.3, 0.4) is 0 Å². The standard InChI is InChI=1S/C14H19BrFNO/c1-9-7-10(15)11(16)8-13(9)17-12-5-3-4-6-14(12)18-2/h7-8,12,14,17H,3-6H2,1-2H3. The molecule has 18 heavy (non-hydrogen) atoms. The van der Waals surface area contributed by atoms with Gasteiger partial charge in [0.2, 0.25) is 0 Å². The predicted octanol–water partition coefficient (Wildman–Crippen LogP) is 4.27. The van der Waals surface area contributed by atoms with Gasteiger partial charge in [0.05, 0.1) is 16.6 Å². The third kappa shape index (κ3) is 3.04. The molecule has 100 valence electrons. The normalized spacial score (nSPS) is 24.0. The molecule has 0 heterocycles. The summed E-state index contributed by atoms with van der Waals surface area (Å²) in [6.45, 7) is 1.98. The zero-order valence-corrected chi connectivity index (χ0v) is 12.4. The topological polar surface area (TPSA) is 21.3 Å². The average Bonchev–Trinajstić information content (AvgIpc) is 2.36. The Morgan fingerprint density at radius 3 is 2.78 bits per heavy atom. The maximum atomic E-state index is 13.6. The highest BCUT2D eigenvalue weighted by molar-refractivity contribution is 9.10. The van der Waals surface area contributed by atoms with Crippen molar-refractivity contribution in [1.82, 2.24) is 0 Å². The first-order chi connectivity index (χ1) is 8.61. The first-order valence-corrected chi connectivity index (χ1v) is 7.16. The third-order valence-corrected chi connectivity index (χ3v) is 4.22. The Morgan fingerprint density at radius 2 is 2.06 bits per heavy atom. The summed E-state index contributed by atoms with van der Waals surface area (Å²) in [4.78, 5) is 0. The molecule has 0 aliphatic heterocycles. The molecule has 0 bridgehead atoms. The fourth-order valence-corrected chi connectivity index (χ4v) is 3.00. The lowest BCUT2D eigenvalue weighted by Gasteiger charge is -2.32. The van der Waals surface area contributed by atoms with E-state index in [0.29, 0.717) is 4.47 Å². The summed E-state index contributed by atoms with van der Waals surface area (Å²) in [5.41, 5.74) is 1.91. The summed E-state index contributed by atoms with van der Waals surface area (Å²) in [6, 6.07) is 3.64. The largest absolute Gasteiger partial charge is 0.379 e. The van der Waals surface area contributed by atoms with Gasteiger partial charge in [-0.1, -0.05) is 12.8 Å². The lowest BCUT2D eigenvalue weighted by atomic mass is 9.92. The van der Waals surface area contributed by atoms with Crippen LogP contribution in [0.2, 0.25) is 0 Å². The van der Waals surface area contributed by atoms with Crippen LogP contribution in [0, 0.1) is 12.7 Å². The lowest BCUT2D eigenvalue weighted by molar-refractivity contribution is 0.0606. The van der Waals surface area contributed by atoms with Crippen LogP contribution in [-0.2, 0) is 4.74 Å². The second kappa shape index (κ2) is 6.02. The van der Waals surface area contributed by atoms with Gasteiger partial charge in [0.1, 0.15) is 5.82 Å². The number of halogens is 2. The van der Waals surface area contributed by atoms with E-state index in [1.54, 1.807) is 13.2 Å². The number of methoxy groups -OCH3 is 1. The minimum atomic E-state index is -0.229. The Hall–Kier alpha value is -0.610. The summed E-state index contributed by atoms with van der Waals surface area (Å²) in [5.74, 6) is -0.229. The number of hydrogen-bond donors (Lipinski definition) is 1. The van der Waals surface area contributed by atoms with E-state index in [9.17, 15) is 4.39 Å². The van der Waals surface area contributed by atoms with Gasteiger partial charge in [-0.05, 0) is 53.4 Å². The van der Waals surface area contributed by atoms with Gasteiger partial charge in [0.25, 0.3) is 0 Å². The van der Waals surface area contributed by atoms with E-state index in [-0.39, 0.29) is 18.0 Å². The zero-order chi connectivity index (χ0) is 13.1. The van der Waals surface area contributed by atoms with Crippen molar-refractivity contribution in [2.24, 2.45) is 0 Å². The summed E-state index contributed by atoms with van der Waals surface area (Å²) >= 11 is 3.20. The molecule has 1 fully saturated rings. The smallest absolute Gasteiger partial charge is 0.139 e. The van der Waals surface area contributed by atoms with Gasteiger partial charge in [-0.3, -0.25) is 0 Å². The monoisotopic (exact) mass is 315 g/mol. The SMILES string of the molecule is COC1CCCCC1Nc1cc(F)c(Br)cc1C. The Kier molecular flexibility index (Phi) is 4.62. The minimum Gasteiger partial charge on any atom is -0.379 e. The summed E-state index contributed by atoms with van der Waals surface area (Å²) in [5, 5.41) is 3.43. The van der Waals surface area contributed by atoms with E-state index in [0.717, 1.165) is 24.1 Å². The van der Waals surface area contributed by atoms with Crippen LogP contribution in [0.15, 0.2) is 16.6 Å². The van der Waals surface area contributed by atoms with Gasteiger partial charge in [-0.15, -0.1) is 0 Å². The molecule has 2 unspecified atom stereocenters. The van der Waals surface area contributed by atoms with E-state index < -0.39 is 0 Å². The number of nitrogens with one attached hydrogen (secondary N) is 1. The number of ether oxygens (including phenoxy) is 1. The molecule has 2 rings (SSSR count). The fraction of sp³-hybridized carbons (Fsp3) is 0.571. The van der Waals surface area contributed by atoms with E-state index in [1.807, 2.05) is 13.0 Å². The van der Waals surface area contributed by atoms with Crippen molar-refractivity contribution in [2.75, 3.05) is 12.4 Å². The van der Waals surface area contributed by atoms with Gasteiger partial charge in [-0.25, -0.2) is 4.39 Å². The van der Waals surface area contributed by atoms with Gasteiger partial charge in [0.15, 0.2) is 0 Å². The van der Waals surface area contributed by atoms with Crippen LogP contribution in [0.5, 0.6) is 0 Å². The quantitative estimate of drug-likeness (QED) is 0.899. The van der Waals surface area contributed by atoms with Crippen LogP contribution >= 0.6 is 15.9 Å². The molecule has 0 spiro atoms. The van der Waals surface area contributed by atoms with Gasteiger partial charge in [-0.2, -0.15) is 0 Å².